The molecule has 2 rings (SSSR count). The summed E-state index contributed by atoms with van der Waals surface area (Å²) in [6.45, 7) is 1.74. The van der Waals surface area contributed by atoms with E-state index in [-0.39, 0.29) is 29.0 Å². The van der Waals surface area contributed by atoms with Crippen molar-refractivity contribution < 1.29 is 18.9 Å². The van der Waals surface area contributed by atoms with Gasteiger partial charge in [0.2, 0.25) is 0 Å². The van der Waals surface area contributed by atoms with Gasteiger partial charge in [-0.3, -0.25) is 10.1 Å². The second-order valence-corrected chi connectivity index (χ2v) is 4.31. The van der Waals surface area contributed by atoms with Crippen molar-refractivity contribution in [3.05, 3.63) is 38.5 Å². The van der Waals surface area contributed by atoms with Crippen LogP contribution in [0.25, 0.3) is 11.0 Å². The van der Waals surface area contributed by atoms with Gasteiger partial charge in [-0.05, 0) is 25.1 Å². The first kappa shape index (κ1) is 12.6. The van der Waals surface area contributed by atoms with E-state index in [0.717, 1.165) is 0 Å². The average molecular weight is 314 g/mol. The van der Waals surface area contributed by atoms with Gasteiger partial charge in [-0.15, -0.1) is 0 Å². The van der Waals surface area contributed by atoms with Crippen molar-refractivity contribution in [1.82, 2.24) is 0 Å². The van der Waals surface area contributed by atoms with E-state index in [2.05, 4.69) is 15.9 Å². The Balaban J connectivity index is 2.68. The number of halogens is 1. The van der Waals surface area contributed by atoms with E-state index in [1.165, 1.54) is 6.07 Å². The highest BCUT2D eigenvalue weighted by atomic mass is 79.9. The summed E-state index contributed by atoms with van der Waals surface area (Å²) in [6.07, 6.45) is 0. The Hall–Kier alpha value is -1.89. The molecule has 1 heterocycles. The van der Waals surface area contributed by atoms with E-state index in [9.17, 15) is 14.9 Å². The Morgan fingerprint density at radius 3 is 2.89 bits per heavy atom. The molecule has 1 aromatic heterocycles. The minimum absolute atomic E-state index is 0.122. The average Bonchev–Trinajstić information content (AvgIpc) is 2.67. The van der Waals surface area contributed by atoms with Crippen LogP contribution in [0.1, 0.15) is 17.5 Å². The molecule has 0 fully saturated rings. The fourth-order valence-electron chi connectivity index (χ4n) is 1.57. The zero-order chi connectivity index (χ0) is 13.3. The smallest absolute Gasteiger partial charge is 0.381 e. The molecule has 0 amide bonds. The lowest BCUT2D eigenvalue weighted by Gasteiger charge is -1.96. The van der Waals surface area contributed by atoms with E-state index in [1.54, 1.807) is 19.1 Å². The van der Waals surface area contributed by atoms with Gasteiger partial charge < -0.3 is 9.15 Å². The minimum Gasteiger partial charge on any atom is -0.460 e. The highest BCUT2D eigenvalue weighted by Crippen LogP contribution is 2.34. The molecule has 0 radical (unpaired) electrons. The number of furan rings is 1. The van der Waals surface area contributed by atoms with E-state index in [0.29, 0.717) is 4.47 Å². The van der Waals surface area contributed by atoms with Crippen molar-refractivity contribution in [2.45, 2.75) is 6.92 Å². The summed E-state index contributed by atoms with van der Waals surface area (Å²) in [4.78, 5) is 22.0. The highest BCUT2D eigenvalue weighted by molar-refractivity contribution is 9.10. The Labute approximate surface area is 110 Å². The van der Waals surface area contributed by atoms with Gasteiger partial charge in [-0.2, -0.15) is 0 Å². The monoisotopic (exact) mass is 313 g/mol. The molecule has 1 aromatic carbocycles. The third-order valence-electron chi connectivity index (χ3n) is 2.27. The van der Waals surface area contributed by atoms with Crippen molar-refractivity contribution in [3.63, 3.8) is 0 Å². The molecule has 0 aliphatic heterocycles. The molecule has 18 heavy (non-hydrogen) atoms. The number of hydrogen-bond donors (Lipinski definition) is 0. The third kappa shape index (κ3) is 2.08. The van der Waals surface area contributed by atoms with Gasteiger partial charge in [0.15, 0.2) is 0 Å². The number of benzene rings is 1. The normalized spacial score (nSPS) is 10.6. The molecular weight excluding hydrogens is 306 g/mol. The number of nitro groups is 1. The first-order chi connectivity index (χ1) is 8.54. The van der Waals surface area contributed by atoms with Crippen LogP contribution >= 0.6 is 15.9 Å². The fourth-order valence-corrected chi connectivity index (χ4v) is 1.91. The number of carbonyl (C=O) groups excluding carboxylic acids is 1. The Morgan fingerprint density at radius 1 is 1.56 bits per heavy atom. The van der Waals surface area contributed by atoms with Crippen LogP contribution in [0.2, 0.25) is 0 Å². The Morgan fingerprint density at radius 2 is 2.28 bits per heavy atom. The molecule has 0 aliphatic rings. The number of nitrogens with zero attached hydrogens (tertiary/aromatic N) is 1. The van der Waals surface area contributed by atoms with E-state index < -0.39 is 10.9 Å². The van der Waals surface area contributed by atoms with Gasteiger partial charge >= 0.3 is 11.7 Å². The maximum absolute atomic E-state index is 11.6. The molecule has 0 atom stereocenters. The van der Waals surface area contributed by atoms with Gasteiger partial charge in [0.1, 0.15) is 5.58 Å². The second-order valence-electron chi connectivity index (χ2n) is 3.40. The standard InChI is InChI=1S/C11H8BrNO5/c1-2-17-11(14)10-9(13(15)16)7-4-3-6(12)5-8(7)18-10/h3-5H,2H2,1H3. The number of carbonyl (C=O) groups is 1. The third-order valence-corrected chi connectivity index (χ3v) is 2.76. The van der Waals surface area contributed by atoms with Crippen molar-refractivity contribution in [1.29, 1.82) is 0 Å². The van der Waals surface area contributed by atoms with Crippen LogP contribution < -0.4 is 0 Å². The van der Waals surface area contributed by atoms with Crippen LogP contribution in [0.5, 0.6) is 0 Å². The predicted molar refractivity (Wildman–Crippen MR) is 66.5 cm³/mol. The molecule has 0 bridgehead atoms. The molecule has 2 aromatic rings. The summed E-state index contributed by atoms with van der Waals surface area (Å²) in [7, 11) is 0. The molecule has 0 N–H and O–H groups in total. The first-order valence-electron chi connectivity index (χ1n) is 5.08. The second kappa shape index (κ2) is 4.77. The number of esters is 1. The number of hydrogen-bond acceptors (Lipinski definition) is 5. The summed E-state index contributed by atoms with van der Waals surface area (Å²) >= 11 is 3.23. The van der Waals surface area contributed by atoms with Crippen molar-refractivity contribution >= 4 is 38.6 Å². The van der Waals surface area contributed by atoms with Crippen molar-refractivity contribution in [3.8, 4) is 0 Å². The molecule has 0 saturated carbocycles. The number of fused-ring (bicyclic) bond motifs is 1. The molecule has 7 heteroatoms. The van der Waals surface area contributed by atoms with Crippen LogP contribution in [0, 0.1) is 10.1 Å². The first-order valence-corrected chi connectivity index (χ1v) is 5.87. The lowest BCUT2D eigenvalue weighted by molar-refractivity contribution is -0.383. The van der Waals surface area contributed by atoms with Crippen molar-refractivity contribution in [2.75, 3.05) is 6.61 Å². The molecule has 0 spiro atoms. The fraction of sp³-hybridized carbons (Fsp3) is 0.182. The number of ether oxygens (including phenoxy) is 1. The van der Waals surface area contributed by atoms with Crippen LogP contribution in [0.3, 0.4) is 0 Å². The van der Waals surface area contributed by atoms with Crippen LogP contribution in [-0.2, 0) is 4.74 Å². The summed E-state index contributed by atoms with van der Waals surface area (Å²) in [6, 6.07) is 4.72. The lowest BCUT2D eigenvalue weighted by Crippen LogP contribution is -2.05. The molecule has 6 nitrogen and oxygen atoms in total. The van der Waals surface area contributed by atoms with Gasteiger partial charge in [-0.25, -0.2) is 4.79 Å². The Kier molecular flexibility index (Phi) is 3.33. The van der Waals surface area contributed by atoms with Gasteiger partial charge in [-0.1, -0.05) is 15.9 Å². The topological polar surface area (TPSA) is 82.6 Å². The molecule has 94 valence electrons. The largest absolute Gasteiger partial charge is 0.460 e. The summed E-state index contributed by atoms with van der Waals surface area (Å²) in [5.74, 6) is -1.22. The van der Waals surface area contributed by atoms with E-state index in [1.807, 2.05) is 0 Å². The summed E-state index contributed by atoms with van der Waals surface area (Å²) < 4.78 is 10.6. The van der Waals surface area contributed by atoms with Gasteiger partial charge in [0.25, 0.3) is 5.76 Å². The molecule has 0 saturated heterocycles. The maximum Gasteiger partial charge on any atom is 0.381 e. The minimum atomic E-state index is -0.837. The number of rotatable bonds is 3. The molecule has 0 unspecified atom stereocenters. The molecule has 0 aliphatic carbocycles. The van der Waals surface area contributed by atoms with Crippen molar-refractivity contribution in [2.24, 2.45) is 0 Å². The van der Waals surface area contributed by atoms with Gasteiger partial charge in [0.05, 0.1) is 16.9 Å². The van der Waals surface area contributed by atoms with Crippen LogP contribution in [0.15, 0.2) is 27.1 Å². The zero-order valence-electron chi connectivity index (χ0n) is 9.31. The zero-order valence-corrected chi connectivity index (χ0v) is 10.9. The van der Waals surface area contributed by atoms with Gasteiger partial charge in [0, 0.05) is 4.47 Å². The summed E-state index contributed by atoms with van der Waals surface area (Å²) in [5, 5.41) is 11.3. The molecular formula is C11H8BrNO5. The summed E-state index contributed by atoms with van der Waals surface area (Å²) in [5.41, 5.74) is -0.102. The highest BCUT2D eigenvalue weighted by Gasteiger charge is 2.30. The SMILES string of the molecule is CCOC(=O)c1oc2cc(Br)ccc2c1[N+](=O)[O-]. The predicted octanol–water partition coefficient (Wildman–Crippen LogP) is 3.28. The quantitative estimate of drug-likeness (QED) is 0.493. The lowest BCUT2D eigenvalue weighted by atomic mass is 10.2. The maximum atomic E-state index is 11.6. The van der Waals surface area contributed by atoms with E-state index >= 15 is 0 Å². The van der Waals surface area contributed by atoms with Crippen LogP contribution in [0.4, 0.5) is 5.69 Å². The Bertz CT molecular complexity index is 634. The van der Waals surface area contributed by atoms with Crippen LogP contribution in [-0.4, -0.2) is 17.5 Å². The van der Waals surface area contributed by atoms with E-state index in [4.69, 9.17) is 9.15 Å².